The fraction of sp³-hybridized carbons (Fsp3) is 0.900. The van der Waals surface area contributed by atoms with Crippen LogP contribution in [0.25, 0.3) is 0 Å². The van der Waals surface area contributed by atoms with Gasteiger partial charge in [0.15, 0.2) is 0 Å². The van der Waals surface area contributed by atoms with Gasteiger partial charge in [-0.3, -0.25) is 4.90 Å². The van der Waals surface area contributed by atoms with Gasteiger partial charge in [0.25, 0.3) is 0 Å². The van der Waals surface area contributed by atoms with Gasteiger partial charge in [-0.25, -0.2) is 4.79 Å². The Hall–Kier alpha value is -0.770. The number of rotatable bonds is 4. The van der Waals surface area contributed by atoms with Crippen molar-refractivity contribution in [2.75, 3.05) is 19.8 Å². The van der Waals surface area contributed by atoms with Crippen molar-refractivity contribution in [3.8, 4) is 0 Å². The molecule has 1 aliphatic heterocycles. The molecule has 1 atom stereocenters. The molecule has 0 spiro atoms. The van der Waals surface area contributed by atoms with Crippen molar-refractivity contribution < 1.29 is 14.6 Å². The molecule has 0 aromatic rings. The van der Waals surface area contributed by atoms with Crippen molar-refractivity contribution in [1.29, 1.82) is 0 Å². The Morgan fingerprint density at radius 3 is 2.79 bits per heavy atom. The third-order valence-corrected chi connectivity index (χ3v) is 2.58. The first-order chi connectivity index (χ1) is 6.49. The lowest BCUT2D eigenvalue weighted by molar-refractivity contribution is 0.127. The van der Waals surface area contributed by atoms with Gasteiger partial charge in [0, 0.05) is 13.2 Å². The standard InChI is InChI=1S/C10H19NO3/c1-8(2)6-11-9(13)14-7-10(11,3)4-5-12/h8,12H,4-7H2,1-3H3. The van der Waals surface area contributed by atoms with Gasteiger partial charge in [0.05, 0.1) is 5.54 Å². The molecule has 0 radical (unpaired) electrons. The molecule has 4 nitrogen and oxygen atoms in total. The molecular weight excluding hydrogens is 182 g/mol. The number of carbonyl (C=O) groups excluding carboxylic acids is 1. The number of carbonyl (C=O) groups is 1. The quantitative estimate of drug-likeness (QED) is 0.744. The van der Waals surface area contributed by atoms with E-state index >= 15 is 0 Å². The lowest BCUT2D eigenvalue weighted by atomic mass is 9.97. The van der Waals surface area contributed by atoms with E-state index in [9.17, 15) is 4.79 Å². The van der Waals surface area contributed by atoms with Gasteiger partial charge >= 0.3 is 6.09 Å². The maximum absolute atomic E-state index is 11.4. The molecule has 0 bridgehead atoms. The van der Waals surface area contributed by atoms with E-state index in [4.69, 9.17) is 9.84 Å². The van der Waals surface area contributed by atoms with E-state index in [0.717, 1.165) is 0 Å². The van der Waals surface area contributed by atoms with Crippen molar-refractivity contribution in [2.24, 2.45) is 5.92 Å². The molecule has 0 aromatic heterocycles. The maximum Gasteiger partial charge on any atom is 0.410 e. The van der Waals surface area contributed by atoms with E-state index in [2.05, 4.69) is 13.8 Å². The number of nitrogens with zero attached hydrogens (tertiary/aromatic N) is 1. The molecule has 0 aromatic carbocycles. The molecule has 1 fully saturated rings. The molecule has 1 heterocycles. The summed E-state index contributed by atoms with van der Waals surface area (Å²) in [6.07, 6.45) is 0.320. The highest BCUT2D eigenvalue weighted by Gasteiger charge is 2.43. The minimum absolute atomic E-state index is 0.0851. The first-order valence-electron chi connectivity index (χ1n) is 5.05. The summed E-state index contributed by atoms with van der Waals surface area (Å²) in [5.74, 6) is 0.415. The van der Waals surface area contributed by atoms with E-state index in [-0.39, 0.29) is 18.2 Å². The van der Waals surface area contributed by atoms with Crippen LogP contribution in [0.2, 0.25) is 0 Å². The highest BCUT2D eigenvalue weighted by atomic mass is 16.6. The number of hydrogen-bond donors (Lipinski definition) is 1. The Bertz CT molecular complexity index is 217. The maximum atomic E-state index is 11.4. The molecule has 14 heavy (non-hydrogen) atoms. The van der Waals surface area contributed by atoms with Gasteiger partial charge in [-0.15, -0.1) is 0 Å². The van der Waals surface area contributed by atoms with E-state index in [1.807, 2.05) is 6.92 Å². The second kappa shape index (κ2) is 4.17. The van der Waals surface area contributed by atoms with Gasteiger partial charge in [-0.05, 0) is 19.3 Å². The monoisotopic (exact) mass is 201 g/mol. The van der Waals surface area contributed by atoms with Gasteiger partial charge in [-0.1, -0.05) is 13.8 Å². The van der Waals surface area contributed by atoms with Crippen LogP contribution in [0.5, 0.6) is 0 Å². The summed E-state index contributed by atoms with van der Waals surface area (Å²) in [7, 11) is 0. The third-order valence-electron chi connectivity index (χ3n) is 2.58. The number of hydrogen-bond acceptors (Lipinski definition) is 3. The zero-order chi connectivity index (χ0) is 10.8. The van der Waals surface area contributed by atoms with Gasteiger partial charge in [0.1, 0.15) is 6.61 Å². The summed E-state index contributed by atoms with van der Waals surface area (Å²) in [5, 5.41) is 8.94. The summed E-state index contributed by atoms with van der Waals surface area (Å²) < 4.78 is 5.01. The zero-order valence-electron chi connectivity index (χ0n) is 9.12. The van der Waals surface area contributed by atoms with Crippen LogP contribution < -0.4 is 0 Å². The molecule has 1 rings (SSSR count). The van der Waals surface area contributed by atoms with Crippen LogP contribution in [0.1, 0.15) is 27.2 Å². The van der Waals surface area contributed by atoms with Crippen LogP contribution in [-0.2, 0) is 4.74 Å². The van der Waals surface area contributed by atoms with Crippen molar-refractivity contribution in [3.63, 3.8) is 0 Å². The second-order valence-corrected chi connectivity index (χ2v) is 4.53. The Morgan fingerprint density at radius 1 is 1.64 bits per heavy atom. The Labute approximate surface area is 84.8 Å². The first kappa shape index (κ1) is 11.3. The summed E-state index contributed by atoms with van der Waals surface area (Å²) in [6.45, 7) is 7.24. The highest BCUT2D eigenvalue weighted by molar-refractivity contribution is 5.71. The summed E-state index contributed by atoms with van der Waals surface area (Å²) in [4.78, 5) is 13.2. The summed E-state index contributed by atoms with van der Waals surface area (Å²) >= 11 is 0. The van der Waals surface area contributed by atoms with E-state index < -0.39 is 0 Å². The fourth-order valence-electron chi connectivity index (χ4n) is 1.70. The smallest absolute Gasteiger partial charge is 0.410 e. The summed E-state index contributed by atoms with van der Waals surface area (Å²) in [5.41, 5.74) is -0.323. The fourth-order valence-corrected chi connectivity index (χ4v) is 1.70. The molecule has 0 saturated carbocycles. The van der Waals surface area contributed by atoms with E-state index in [0.29, 0.717) is 25.5 Å². The van der Waals surface area contributed by atoms with Crippen molar-refractivity contribution in [2.45, 2.75) is 32.7 Å². The molecule has 1 unspecified atom stereocenters. The van der Waals surface area contributed by atoms with Crippen LogP contribution in [0.3, 0.4) is 0 Å². The molecule has 1 N–H and O–H groups in total. The second-order valence-electron chi connectivity index (χ2n) is 4.53. The first-order valence-corrected chi connectivity index (χ1v) is 5.05. The molecule has 1 saturated heterocycles. The molecule has 4 heteroatoms. The third kappa shape index (κ3) is 2.18. The van der Waals surface area contributed by atoms with Crippen molar-refractivity contribution in [1.82, 2.24) is 4.90 Å². The molecular formula is C10H19NO3. The Morgan fingerprint density at radius 2 is 2.29 bits per heavy atom. The van der Waals surface area contributed by atoms with Gasteiger partial charge in [0.2, 0.25) is 0 Å². The largest absolute Gasteiger partial charge is 0.447 e. The predicted molar refractivity (Wildman–Crippen MR) is 53.0 cm³/mol. The summed E-state index contributed by atoms with van der Waals surface area (Å²) in [6, 6.07) is 0. The van der Waals surface area contributed by atoms with Crippen LogP contribution in [-0.4, -0.2) is 41.4 Å². The molecule has 1 amide bonds. The zero-order valence-corrected chi connectivity index (χ0v) is 9.12. The average molecular weight is 201 g/mol. The van der Waals surface area contributed by atoms with E-state index in [1.54, 1.807) is 4.90 Å². The Kier molecular flexibility index (Phi) is 3.37. The molecule has 1 aliphatic rings. The lowest BCUT2D eigenvalue weighted by Crippen LogP contribution is -2.46. The van der Waals surface area contributed by atoms with Gasteiger partial charge < -0.3 is 9.84 Å². The van der Waals surface area contributed by atoms with Crippen LogP contribution in [0.4, 0.5) is 4.79 Å². The molecule has 82 valence electrons. The minimum atomic E-state index is -0.323. The van der Waals surface area contributed by atoms with Crippen LogP contribution in [0.15, 0.2) is 0 Å². The van der Waals surface area contributed by atoms with Crippen molar-refractivity contribution >= 4 is 6.09 Å². The number of amides is 1. The predicted octanol–water partition coefficient (Wildman–Crippen LogP) is 1.24. The average Bonchev–Trinajstić information content (AvgIpc) is 2.33. The Balaban J connectivity index is 2.70. The SMILES string of the molecule is CC(C)CN1C(=O)OCC1(C)CCO. The number of aliphatic hydroxyl groups excluding tert-OH is 1. The topological polar surface area (TPSA) is 49.8 Å². The normalized spacial score (nSPS) is 27.2. The van der Waals surface area contributed by atoms with Crippen LogP contribution >= 0.6 is 0 Å². The van der Waals surface area contributed by atoms with Crippen molar-refractivity contribution in [3.05, 3.63) is 0 Å². The molecule has 0 aliphatic carbocycles. The minimum Gasteiger partial charge on any atom is -0.447 e. The van der Waals surface area contributed by atoms with Gasteiger partial charge in [-0.2, -0.15) is 0 Å². The number of cyclic esters (lactones) is 1. The van der Waals surface area contributed by atoms with Crippen LogP contribution in [0, 0.1) is 5.92 Å². The number of ether oxygens (including phenoxy) is 1. The number of aliphatic hydroxyl groups is 1. The highest BCUT2D eigenvalue weighted by Crippen LogP contribution is 2.27. The lowest BCUT2D eigenvalue weighted by Gasteiger charge is -2.32. The van der Waals surface area contributed by atoms with E-state index in [1.165, 1.54) is 0 Å².